The number of ether oxygens (including phenoxy) is 2. The highest BCUT2D eigenvalue weighted by atomic mass is 35.5. The highest BCUT2D eigenvalue weighted by Gasteiger charge is 2.11. The molecule has 0 aliphatic carbocycles. The number of nitrogens with one attached hydrogen (secondary N) is 1. The summed E-state index contributed by atoms with van der Waals surface area (Å²) in [7, 11) is 1.59. The van der Waals surface area contributed by atoms with Crippen molar-refractivity contribution < 1.29 is 14.6 Å². The lowest BCUT2D eigenvalue weighted by Gasteiger charge is -2.14. The minimum Gasteiger partial charge on any atom is -0.493 e. The van der Waals surface area contributed by atoms with Crippen LogP contribution in [0.25, 0.3) is 0 Å². The molecular weight excluding hydrogens is 266 g/mol. The van der Waals surface area contributed by atoms with Crippen LogP contribution >= 0.6 is 11.6 Å². The van der Waals surface area contributed by atoms with Gasteiger partial charge in [0.15, 0.2) is 11.5 Å². The summed E-state index contributed by atoms with van der Waals surface area (Å²) >= 11 is 6.21. The summed E-state index contributed by atoms with van der Waals surface area (Å²) in [6.45, 7) is 5.54. The van der Waals surface area contributed by atoms with Gasteiger partial charge in [-0.15, -0.1) is 0 Å². The molecule has 1 aromatic carbocycles. The summed E-state index contributed by atoms with van der Waals surface area (Å²) in [6, 6.07) is 3.75. The molecule has 108 valence electrons. The van der Waals surface area contributed by atoms with Gasteiger partial charge in [0.2, 0.25) is 0 Å². The summed E-state index contributed by atoms with van der Waals surface area (Å²) in [4.78, 5) is 0. The number of halogens is 1. The van der Waals surface area contributed by atoms with E-state index in [2.05, 4.69) is 5.32 Å². The van der Waals surface area contributed by atoms with E-state index in [9.17, 15) is 5.11 Å². The van der Waals surface area contributed by atoms with Crippen molar-refractivity contribution in [2.24, 2.45) is 0 Å². The van der Waals surface area contributed by atoms with E-state index in [1.165, 1.54) is 0 Å². The molecule has 2 N–H and O–H groups in total. The second kappa shape index (κ2) is 8.25. The minimum atomic E-state index is -0.371. The normalized spacial score (nSPS) is 12.3. The Labute approximate surface area is 119 Å². The van der Waals surface area contributed by atoms with Gasteiger partial charge in [0.25, 0.3) is 0 Å². The van der Waals surface area contributed by atoms with E-state index in [1.54, 1.807) is 14.0 Å². The third kappa shape index (κ3) is 5.27. The number of methoxy groups -OCH3 is 1. The van der Waals surface area contributed by atoms with Crippen molar-refractivity contribution in [3.63, 3.8) is 0 Å². The van der Waals surface area contributed by atoms with Crippen LogP contribution in [0, 0.1) is 0 Å². The molecule has 0 saturated carbocycles. The van der Waals surface area contributed by atoms with Crippen LogP contribution in [0.5, 0.6) is 11.5 Å². The zero-order valence-electron chi connectivity index (χ0n) is 11.7. The van der Waals surface area contributed by atoms with E-state index >= 15 is 0 Å². The van der Waals surface area contributed by atoms with Crippen molar-refractivity contribution in [3.05, 3.63) is 22.7 Å². The average Bonchev–Trinajstić information content (AvgIpc) is 2.36. The zero-order valence-corrected chi connectivity index (χ0v) is 12.5. The summed E-state index contributed by atoms with van der Waals surface area (Å²) in [5.74, 6) is 1.22. The van der Waals surface area contributed by atoms with Gasteiger partial charge in [-0.1, -0.05) is 18.5 Å². The number of rotatable bonds is 8. The van der Waals surface area contributed by atoms with Gasteiger partial charge >= 0.3 is 0 Å². The van der Waals surface area contributed by atoms with Crippen molar-refractivity contribution in [1.29, 1.82) is 0 Å². The lowest BCUT2D eigenvalue weighted by Crippen LogP contribution is -2.23. The molecule has 19 heavy (non-hydrogen) atoms. The van der Waals surface area contributed by atoms with Gasteiger partial charge in [0.1, 0.15) is 0 Å². The van der Waals surface area contributed by atoms with Gasteiger partial charge in [-0.05, 0) is 31.0 Å². The Kier molecular flexibility index (Phi) is 6.99. The molecule has 0 aliphatic heterocycles. The monoisotopic (exact) mass is 287 g/mol. The Morgan fingerprint density at radius 3 is 2.74 bits per heavy atom. The van der Waals surface area contributed by atoms with E-state index < -0.39 is 0 Å². The molecule has 1 atom stereocenters. The fourth-order valence-corrected chi connectivity index (χ4v) is 1.93. The van der Waals surface area contributed by atoms with Crippen molar-refractivity contribution in [1.82, 2.24) is 5.32 Å². The predicted octanol–water partition coefficient (Wildman–Crippen LogP) is 2.61. The van der Waals surface area contributed by atoms with Crippen molar-refractivity contribution in [3.8, 4) is 11.5 Å². The Morgan fingerprint density at radius 1 is 1.42 bits per heavy atom. The van der Waals surface area contributed by atoms with Crippen molar-refractivity contribution in [2.75, 3.05) is 20.3 Å². The maximum absolute atomic E-state index is 9.19. The van der Waals surface area contributed by atoms with E-state index in [4.69, 9.17) is 21.1 Å². The van der Waals surface area contributed by atoms with Gasteiger partial charge in [-0.2, -0.15) is 0 Å². The number of aliphatic hydroxyl groups excluding tert-OH is 1. The largest absolute Gasteiger partial charge is 0.493 e. The molecule has 5 heteroatoms. The number of aliphatic hydroxyl groups is 1. The van der Waals surface area contributed by atoms with Crippen LogP contribution in [0.1, 0.15) is 25.8 Å². The lowest BCUT2D eigenvalue weighted by atomic mass is 10.2. The first-order valence-corrected chi connectivity index (χ1v) is 6.84. The molecule has 0 unspecified atom stereocenters. The number of hydrogen-bond donors (Lipinski definition) is 2. The van der Waals surface area contributed by atoms with Crippen LogP contribution in [0.15, 0.2) is 12.1 Å². The van der Waals surface area contributed by atoms with Crippen LogP contribution in [-0.2, 0) is 6.54 Å². The van der Waals surface area contributed by atoms with Gasteiger partial charge in [-0.25, -0.2) is 0 Å². The quantitative estimate of drug-likeness (QED) is 0.772. The van der Waals surface area contributed by atoms with Gasteiger partial charge < -0.3 is 19.9 Å². The Balaban J connectivity index is 2.77. The summed E-state index contributed by atoms with van der Waals surface area (Å²) < 4.78 is 10.9. The second-order valence-electron chi connectivity index (χ2n) is 4.44. The Morgan fingerprint density at radius 2 is 2.16 bits per heavy atom. The molecule has 0 heterocycles. The Hall–Kier alpha value is -0.970. The fraction of sp³-hybridized carbons (Fsp3) is 0.571. The minimum absolute atomic E-state index is 0.371. The second-order valence-corrected chi connectivity index (χ2v) is 4.84. The average molecular weight is 288 g/mol. The summed E-state index contributed by atoms with van der Waals surface area (Å²) in [6.07, 6.45) is 0.543. The molecule has 0 bridgehead atoms. The molecule has 1 aromatic rings. The standard InChI is InChI=1S/C14H22ClNO3/c1-4-5-19-14-12(15)6-11(7-13(14)18-3)9-16-8-10(2)17/h6-7,10,16-17H,4-5,8-9H2,1-3H3/t10-/m1/s1. The van der Waals surface area contributed by atoms with Gasteiger partial charge in [0.05, 0.1) is 24.8 Å². The SMILES string of the molecule is CCCOc1c(Cl)cc(CNC[C@@H](C)O)cc1OC. The third-order valence-electron chi connectivity index (χ3n) is 2.51. The van der Waals surface area contributed by atoms with Crippen LogP contribution in [0.4, 0.5) is 0 Å². The summed E-state index contributed by atoms with van der Waals surface area (Å²) in [5, 5.41) is 12.9. The van der Waals surface area contributed by atoms with E-state index in [1.807, 2.05) is 19.1 Å². The maximum Gasteiger partial charge on any atom is 0.179 e. The first-order chi connectivity index (χ1) is 9.08. The topological polar surface area (TPSA) is 50.7 Å². The lowest BCUT2D eigenvalue weighted by molar-refractivity contribution is 0.191. The molecule has 0 saturated heterocycles. The first-order valence-electron chi connectivity index (χ1n) is 6.46. The Bertz CT molecular complexity index is 397. The number of benzene rings is 1. The van der Waals surface area contributed by atoms with Crippen molar-refractivity contribution >= 4 is 11.6 Å². The molecule has 0 radical (unpaired) electrons. The first kappa shape index (κ1) is 16.1. The van der Waals surface area contributed by atoms with Crippen molar-refractivity contribution in [2.45, 2.75) is 32.9 Å². The van der Waals surface area contributed by atoms with Crippen LogP contribution in [0.2, 0.25) is 5.02 Å². The van der Waals surface area contributed by atoms with Crippen LogP contribution in [0.3, 0.4) is 0 Å². The van der Waals surface area contributed by atoms with E-state index in [0.717, 1.165) is 12.0 Å². The maximum atomic E-state index is 9.19. The summed E-state index contributed by atoms with van der Waals surface area (Å²) in [5.41, 5.74) is 0.992. The van der Waals surface area contributed by atoms with E-state index in [0.29, 0.717) is 36.2 Å². The molecule has 1 rings (SSSR count). The molecule has 0 aromatic heterocycles. The molecule has 4 nitrogen and oxygen atoms in total. The van der Waals surface area contributed by atoms with Crippen LogP contribution in [-0.4, -0.2) is 31.5 Å². The molecular formula is C14H22ClNO3. The smallest absolute Gasteiger partial charge is 0.179 e. The van der Waals surface area contributed by atoms with Crippen LogP contribution < -0.4 is 14.8 Å². The molecule has 0 aliphatic rings. The molecule has 0 spiro atoms. The number of hydrogen-bond acceptors (Lipinski definition) is 4. The molecule has 0 fully saturated rings. The molecule has 0 amide bonds. The zero-order chi connectivity index (χ0) is 14.3. The van der Waals surface area contributed by atoms with E-state index in [-0.39, 0.29) is 6.10 Å². The van der Waals surface area contributed by atoms with Gasteiger partial charge in [0, 0.05) is 13.1 Å². The predicted molar refractivity (Wildman–Crippen MR) is 77.2 cm³/mol. The highest BCUT2D eigenvalue weighted by Crippen LogP contribution is 2.36. The highest BCUT2D eigenvalue weighted by molar-refractivity contribution is 6.32. The fourth-order valence-electron chi connectivity index (χ4n) is 1.64. The third-order valence-corrected chi connectivity index (χ3v) is 2.79. The van der Waals surface area contributed by atoms with Gasteiger partial charge in [-0.3, -0.25) is 0 Å².